The highest BCUT2D eigenvalue weighted by molar-refractivity contribution is 5.80. The lowest BCUT2D eigenvalue weighted by Crippen LogP contribution is -2.25. The van der Waals surface area contributed by atoms with Crippen molar-refractivity contribution in [3.63, 3.8) is 0 Å². The van der Waals surface area contributed by atoms with Crippen LogP contribution in [0.1, 0.15) is 37.9 Å². The third-order valence-corrected chi connectivity index (χ3v) is 4.31. The molecule has 1 aromatic heterocycles. The van der Waals surface area contributed by atoms with Gasteiger partial charge >= 0.3 is 0 Å². The van der Waals surface area contributed by atoms with Gasteiger partial charge in [0.2, 0.25) is 5.91 Å². The summed E-state index contributed by atoms with van der Waals surface area (Å²) >= 11 is 0. The summed E-state index contributed by atoms with van der Waals surface area (Å²) in [6.45, 7) is 1.35. The molecule has 1 heterocycles. The van der Waals surface area contributed by atoms with E-state index in [1.54, 1.807) is 0 Å². The molecule has 0 aliphatic heterocycles. The first-order chi connectivity index (χ1) is 11.3. The monoisotopic (exact) mass is 309 g/mol. The summed E-state index contributed by atoms with van der Waals surface area (Å²) in [5, 5.41) is 3.01. The number of rotatable bonds is 8. The first-order valence-electron chi connectivity index (χ1n) is 8.45. The quantitative estimate of drug-likeness (QED) is 0.602. The van der Waals surface area contributed by atoms with Crippen molar-refractivity contribution in [1.82, 2.24) is 14.9 Å². The van der Waals surface area contributed by atoms with Gasteiger partial charge in [0.1, 0.15) is 5.82 Å². The number of terminal acetylenes is 1. The highest BCUT2D eigenvalue weighted by Gasteiger charge is 2.28. The summed E-state index contributed by atoms with van der Waals surface area (Å²) in [6.07, 6.45) is 11.7. The van der Waals surface area contributed by atoms with Crippen LogP contribution in [0.4, 0.5) is 0 Å². The number of hydrogen-bond donors (Lipinski definition) is 1. The zero-order chi connectivity index (χ0) is 16.1. The van der Waals surface area contributed by atoms with Crippen LogP contribution in [-0.2, 0) is 17.8 Å². The maximum absolute atomic E-state index is 11.5. The number of carbonyl (C=O) groups excluding carboxylic acids is 1. The maximum atomic E-state index is 11.5. The minimum Gasteiger partial charge on any atom is -0.356 e. The van der Waals surface area contributed by atoms with Crippen LogP contribution in [-0.4, -0.2) is 22.0 Å². The second kappa shape index (κ2) is 7.32. The smallest absolute Gasteiger partial charge is 0.223 e. The second-order valence-electron chi connectivity index (χ2n) is 6.18. The van der Waals surface area contributed by atoms with Crippen LogP contribution in [0.25, 0.3) is 11.0 Å². The van der Waals surface area contributed by atoms with E-state index in [4.69, 9.17) is 11.4 Å². The topological polar surface area (TPSA) is 46.9 Å². The van der Waals surface area contributed by atoms with Gasteiger partial charge in [-0.25, -0.2) is 4.98 Å². The number of carbonyl (C=O) groups is 1. The Kier molecular flexibility index (Phi) is 4.97. The van der Waals surface area contributed by atoms with Crippen LogP contribution in [0.15, 0.2) is 24.3 Å². The van der Waals surface area contributed by atoms with Gasteiger partial charge in [0, 0.05) is 18.9 Å². The van der Waals surface area contributed by atoms with Crippen molar-refractivity contribution >= 4 is 16.9 Å². The van der Waals surface area contributed by atoms with Crippen LogP contribution in [0.2, 0.25) is 0 Å². The van der Waals surface area contributed by atoms with E-state index in [9.17, 15) is 4.79 Å². The molecule has 0 spiro atoms. The Labute approximate surface area is 137 Å². The van der Waals surface area contributed by atoms with Gasteiger partial charge in [0.05, 0.1) is 17.6 Å². The fraction of sp³-hybridized carbons (Fsp3) is 0.474. The molecule has 120 valence electrons. The molecule has 4 nitrogen and oxygen atoms in total. The molecule has 1 amide bonds. The molecule has 1 aliphatic rings. The van der Waals surface area contributed by atoms with Crippen molar-refractivity contribution in [3.8, 4) is 12.3 Å². The van der Waals surface area contributed by atoms with Crippen molar-refractivity contribution in [1.29, 1.82) is 0 Å². The molecule has 23 heavy (non-hydrogen) atoms. The normalized spacial score (nSPS) is 13.9. The number of benzene rings is 1. The van der Waals surface area contributed by atoms with Crippen molar-refractivity contribution in [2.45, 2.75) is 45.1 Å². The van der Waals surface area contributed by atoms with Crippen molar-refractivity contribution in [2.75, 3.05) is 6.54 Å². The van der Waals surface area contributed by atoms with Crippen LogP contribution in [0.3, 0.4) is 0 Å². The van der Waals surface area contributed by atoms with E-state index in [0.29, 0.717) is 12.5 Å². The molecule has 1 N–H and O–H groups in total. The van der Waals surface area contributed by atoms with Gasteiger partial charge in [0.15, 0.2) is 0 Å². The number of nitrogens with one attached hydrogen (secondary N) is 1. The van der Waals surface area contributed by atoms with Crippen molar-refractivity contribution in [3.05, 3.63) is 30.1 Å². The average molecular weight is 309 g/mol. The minimum absolute atomic E-state index is 0.237. The maximum Gasteiger partial charge on any atom is 0.223 e. The number of hydrogen-bond acceptors (Lipinski definition) is 2. The Balaban J connectivity index is 1.47. The summed E-state index contributed by atoms with van der Waals surface area (Å²) in [5.41, 5.74) is 2.12. The van der Waals surface area contributed by atoms with Gasteiger partial charge in [-0.1, -0.05) is 24.5 Å². The molecule has 1 fully saturated rings. The Morgan fingerprint density at radius 1 is 1.30 bits per heavy atom. The van der Waals surface area contributed by atoms with E-state index in [1.807, 2.05) is 18.2 Å². The zero-order valence-corrected chi connectivity index (χ0v) is 13.4. The Morgan fingerprint density at radius 2 is 2.13 bits per heavy atom. The third kappa shape index (κ3) is 3.92. The largest absolute Gasteiger partial charge is 0.356 e. The molecule has 3 rings (SSSR count). The molecule has 0 saturated heterocycles. The molecule has 2 aromatic rings. The van der Waals surface area contributed by atoms with Crippen LogP contribution >= 0.6 is 0 Å². The Hall–Kier alpha value is -2.28. The third-order valence-electron chi connectivity index (χ3n) is 4.31. The Morgan fingerprint density at radius 3 is 2.91 bits per heavy atom. The number of aromatic nitrogens is 2. The summed E-state index contributed by atoms with van der Waals surface area (Å²) in [7, 11) is 0. The standard InChI is InChI=1S/C19H23N3O/c1-2-14-22-17-9-6-5-8-16(17)21-18(22)10-4-3-7-13-20-19(23)15-11-12-15/h1,5-6,8-9,15H,3-4,7,10-14H2,(H,20,23). The summed E-state index contributed by atoms with van der Waals surface area (Å²) < 4.78 is 2.13. The molecule has 0 atom stereocenters. The van der Waals surface area contributed by atoms with E-state index < -0.39 is 0 Å². The summed E-state index contributed by atoms with van der Waals surface area (Å²) in [5.74, 6) is 4.32. The first-order valence-corrected chi connectivity index (χ1v) is 8.45. The van der Waals surface area contributed by atoms with E-state index >= 15 is 0 Å². The molecule has 1 aromatic carbocycles. The van der Waals surface area contributed by atoms with Gasteiger partial charge in [-0.15, -0.1) is 6.42 Å². The molecule has 4 heteroatoms. The molecule has 1 aliphatic carbocycles. The van der Waals surface area contributed by atoms with E-state index in [-0.39, 0.29) is 5.91 Å². The van der Waals surface area contributed by atoms with Crippen LogP contribution < -0.4 is 5.32 Å². The highest BCUT2D eigenvalue weighted by atomic mass is 16.2. The summed E-state index contributed by atoms with van der Waals surface area (Å²) in [6, 6.07) is 8.11. The van der Waals surface area contributed by atoms with Gasteiger partial charge in [-0.2, -0.15) is 0 Å². The van der Waals surface area contributed by atoms with Gasteiger partial charge < -0.3 is 9.88 Å². The lowest BCUT2D eigenvalue weighted by molar-refractivity contribution is -0.122. The number of aryl methyl sites for hydroxylation is 1. The predicted molar refractivity (Wildman–Crippen MR) is 91.9 cm³/mol. The first kappa shape index (κ1) is 15.6. The Bertz CT molecular complexity index is 722. The lowest BCUT2D eigenvalue weighted by Gasteiger charge is -2.06. The molecular formula is C19H23N3O. The SMILES string of the molecule is C#CCn1c(CCCCCNC(=O)C2CC2)nc2ccccc21. The molecule has 0 bridgehead atoms. The van der Waals surface area contributed by atoms with Gasteiger partial charge in [-0.3, -0.25) is 4.79 Å². The minimum atomic E-state index is 0.237. The van der Waals surface area contributed by atoms with Crippen molar-refractivity contribution < 1.29 is 4.79 Å². The molecule has 0 radical (unpaired) electrons. The number of imidazole rings is 1. The molecule has 0 unspecified atom stereocenters. The van der Waals surface area contributed by atoms with E-state index in [2.05, 4.69) is 21.9 Å². The van der Waals surface area contributed by atoms with Crippen LogP contribution in [0.5, 0.6) is 0 Å². The number of amides is 1. The van der Waals surface area contributed by atoms with Crippen molar-refractivity contribution in [2.24, 2.45) is 5.92 Å². The van der Waals surface area contributed by atoms with E-state index in [0.717, 1.165) is 61.9 Å². The number of para-hydroxylation sites is 2. The van der Waals surface area contributed by atoms with E-state index in [1.165, 1.54) is 0 Å². The number of nitrogens with zero attached hydrogens (tertiary/aromatic N) is 2. The average Bonchev–Trinajstić information content (AvgIpc) is 3.35. The highest BCUT2D eigenvalue weighted by Crippen LogP contribution is 2.28. The zero-order valence-electron chi connectivity index (χ0n) is 13.4. The number of fused-ring (bicyclic) bond motifs is 1. The number of unbranched alkanes of at least 4 members (excludes halogenated alkanes) is 2. The second-order valence-corrected chi connectivity index (χ2v) is 6.18. The van der Waals surface area contributed by atoms with Gasteiger partial charge in [-0.05, 0) is 37.8 Å². The lowest BCUT2D eigenvalue weighted by atomic mass is 10.2. The molecule has 1 saturated carbocycles. The van der Waals surface area contributed by atoms with Gasteiger partial charge in [0.25, 0.3) is 0 Å². The predicted octanol–water partition coefficient (Wildman–Crippen LogP) is 2.91. The fourth-order valence-electron chi connectivity index (χ4n) is 2.87. The molecular weight excluding hydrogens is 286 g/mol. The fourth-order valence-corrected chi connectivity index (χ4v) is 2.87. The summed E-state index contributed by atoms with van der Waals surface area (Å²) in [4.78, 5) is 16.2. The van der Waals surface area contributed by atoms with Crippen LogP contribution in [0, 0.1) is 18.3 Å².